The Morgan fingerprint density at radius 1 is 0.431 bits per heavy atom. The zero-order valence-corrected chi connectivity index (χ0v) is 29.6. The lowest BCUT2D eigenvalue weighted by molar-refractivity contribution is 0.627. The number of benzene rings is 7. The molecule has 0 aliphatic carbocycles. The lowest BCUT2D eigenvalue weighted by Crippen LogP contribution is -2.88. The third-order valence-electron chi connectivity index (χ3n) is 11.1. The second-order valence-electron chi connectivity index (χ2n) is 14.2. The molecule has 0 amide bonds. The Kier molecular flexibility index (Phi) is 6.43. The molecule has 0 saturated heterocycles. The Labute approximate surface area is 298 Å². The first-order valence-corrected chi connectivity index (χ1v) is 19.5. The number of hydrogen-bond acceptors (Lipinski definition) is 2. The maximum absolute atomic E-state index is 14.5. The average molecular weight is 679 g/mol. The monoisotopic (exact) mass is 678 g/mol. The second-order valence-corrected chi connectivity index (χ2v) is 18.0. The Hall–Kier alpha value is -5.72. The van der Waals surface area contributed by atoms with Crippen molar-refractivity contribution in [1.82, 2.24) is 0 Å². The molecule has 0 unspecified atom stereocenters. The summed E-state index contributed by atoms with van der Waals surface area (Å²) in [5.74, 6) is -0.524. The van der Waals surface area contributed by atoms with Gasteiger partial charge in [0, 0.05) is 34.1 Å². The molecule has 10 rings (SSSR count). The van der Waals surface area contributed by atoms with Crippen LogP contribution in [-0.2, 0) is 0 Å². The van der Waals surface area contributed by atoms with Crippen LogP contribution in [0.25, 0.3) is 0 Å². The Morgan fingerprint density at radius 2 is 0.784 bits per heavy atom. The summed E-state index contributed by atoms with van der Waals surface area (Å²) in [5.41, 5.74) is 13.6. The van der Waals surface area contributed by atoms with Crippen molar-refractivity contribution in [2.75, 3.05) is 9.80 Å². The molecule has 2 nitrogen and oxygen atoms in total. The fourth-order valence-electron chi connectivity index (χ4n) is 9.32. The van der Waals surface area contributed by atoms with Gasteiger partial charge in [-0.1, -0.05) is 72.8 Å². The summed E-state index contributed by atoms with van der Waals surface area (Å²) in [6.45, 7) is 6.52. The molecule has 0 spiro atoms. The molecule has 0 aromatic heterocycles. The molecule has 3 heterocycles. The molecule has 0 radical (unpaired) electrons. The van der Waals surface area contributed by atoms with Crippen LogP contribution in [0.5, 0.6) is 0 Å². The highest BCUT2D eigenvalue weighted by molar-refractivity contribution is 7.27. The van der Waals surface area contributed by atoms with E-state index in [4.69, 9.17) is 0 Å². The lowest BCUT2D eigenvalue weighted by Gasteiger charge is -2.52. The molecule has 3 aliphatic heterocycles. The topological polar surface area (TPSA) is 6.48 Å². The molecule has 7 aromatic carbocycles. The van der Waals surface area contributed by atoms with Crippen molar-refractivity contribution in [1.29, 1.82) is 0 Å². The van der Waals surface area contributed by atoms with Gasteiger partial charge in [-0.15, -0.1) is 0 Å². The molecule has 0 bridgehead atoms. The maximum atomic E-state index is 14.5. The van der Waals surface area contributed by atoms with Crippen LogP contribution in [0.15, 0.2) is 146 Å². The van der Waals surface area contributed by atoms with Crippen molar-refractivity contribution in [3.8, 4) is 0 Å². The smallest absolute Gasteiger partial charge is 0.251 e. The van der Waals surface area contributed by atoms with Crippen LogP contribution in [0.3, 0.4) is 0 Å². The number of nitrogens with zero attached hydrogens (tertiary/aromatic N) is 2. The summed E-state index contributed by atoms with van der Waals surface area (Å²) in [6, 6.07) is 50.2. The molecule has 7 aromatic rings. The first-order chi connectivity index (χ1) is 24.8. The molecule has 0 atom stereocenters. The van der Waals surface area contributed by atoms with E-state index in [0.717, 1.165) is 39.7 Å². The average Bonchev–Trinajstić information content (AvgIpc) is 3.13. The summed E-state index contributed by atoms with van der Waals surface area (Å²) < 4.78 is 29.1. The fraction of sp³-hybridized carbons (Fsp3) is 0.0667. The number of rotatable bonds is 4. The van der Waals surface area contributed by atoms with Gasteiger partial charge in [-0.05, 0) is 147 Å². The number of aryl methyl sites for hydroxylation is 3. The van der Waals surface area contributed by atoms with Crippen LogP contribution >= 0.6 is 0 Å². The first-order valence-electron chi connectivity index (χ1n) is 17.5. The van der Waals surface area contributed by atoms with E-state index in [-0.39, 0.29) is 18.3 Å². The number of hydrogen-bond donors (Lipinski definition) is 0. The largest absolute Gasteiger partial charge is 0.311 e. The van der Waals surface area contributed by atoms with Crippen LogP contribution in [0.4, 0.5) is 42.9 Å². The minimum atomic E-state index is -2.98. The van der Waals surface area contributed by atoms with Gasteiger partial charge in [0.25, 0.3) is 6.71 Å². The second kappa shape index (κ2) is 10.9. The summed E-state index contributed by atoms with van der Waals surface area (Å²) in [5, 5.41) is 5.45. The zero-order valence-electron chi connectivity index (χ0n) is 28.6. The van der Waals surface area contributed by atoms with Crippen molar-refractivity contribution in [2.45, 2.75) is 20.8 Å². The molecule has 244 valence electrons. The van der Waals surface area contributed by atoms with Crippen molar-refractivity contribution in [2.24, 2.45) is 0 Å². The van der Waals surface area contributed by atoms with E-state index in [9.17, 15) is 8.78 Å². The standard InChI is InChI=1S/C45H33BF2N2Si/c1-28-22-37-43-38(23-28)50(34-20-16-32(48)17-21-34)40-25-30(3)27-42-45(40)46(43)44-39(49(37)33-18-14-31(47)15-19-33)24-29(2)26-41(44)51(42,35-10-6-4-7-11-35)36-12-8-5-9-13-36/h4-27H,1-3H3. The summed E-state index contributed by atoms with van der Waals surface area (Å²) in [4.78, 5) is 4.71. The van der Waals surface area contributed by atoms with Crippen LogP contribution < -0.4 is 46.9 Å². The van der Waals surface area contributed by atoms with E-state index in [0.29, 0.717) is 0 Å². The van der Waals surface area contributed by atoms with E-state index >= 15 is 0 Å². The van der Waals surface area contributed by atoms with Crippen LogP contribution in [0, 0.1) is 32.4 Å². The molecule has 3 aliphatic rings. The van der Waals surface area contributed by atoms with Gasteiger partial charge in [0.1, 0.15) is 11.6 Å². The van der Waals surface area contributed by atoms with E-state index in [1.54, 1.807) is 24.3 Å². The zero-order chi connectivity index (χ0) is 34.6. The van der Waals surface area contributed by atoms with Gasteiger partial charge >= 0.3 is 0 Å². The van der Waals surface area contributed by atoms with Crippen molar-refractivity contribution in [3.63, 3.8) is 0 Å². The predicted octanol–water partition coefficient (Wildman–Crippen LogP) is 6.66. The number of anilines is 6. The summed E-state index contributed by atoms with van der Waals surface area (Å²) >= 11 is 0. The molecule has 0 N–H and O–H groups in total. The van der Waals surface area contributed by atoms with E-state index < -0.39 is 8.07 Å². The number of halogens is 2. The molecular formula is C45H33BF2N2Si. The molecular weight excluding hydrogens is 645 g/mol. The third kappa shape index (κ3) is 4.14. The Balaban J connectivity index is 1.45. The lowest BCUT2D eigenvalue weighted by atomic mass is 9.33. The molecule has 6 heteroatoms. The molecule has 0 fully saturated rings. The highest BCUT2D eigenvalue weighted by Gasteiger charge is 2.56. The fourth-order valence-corrected chi connectivity index (χ4v) is 14.8. The third-order valence-corrected chi connectivity index (χ3v) is 15.9. The Bertz CT molecular complexity index is 2360. The highest BCUT2D eigenvalue weighted by Crippen LogP contribution is 2.45. The van der Waals surface area contributed by atoms with E-state index in [1.165, 1.54) is 48.3 Å². The van der Waals surface area contributed by atoms with Gasteiger partial charge in [0.2, 0.25) is 0 Å². The SMILES string of the molecule is Cc1cc2c3c(c1)N(c1ccc(F)cc1)c1cc(C)cc4c1B3c1c(cc(C)cc1[Si]4(c1ccccc1)c1ccccc1)N2c1ccc(F)cc1. The highest BCUT2D eigenvalue weighted by atomic mass is 28.3. The van der Waals surface area contributed by atoms with Gasteiger partial charge in [-0.3, -0.25) is 0 Å². The minimum absolute atomic E-state index is 0.0340. The molecule has 51 heavy (non-hydrogen) atoms. The van der Waals surface area contributed by atoms with Crippen LogP contribution in [-0.4, -0.2) is 14.8 Å². The first kappa shape index (κ1) is 30.1. The quantitative estimate of drug-likeness (QED) is 0.192. The van der Waals surface area contributed by atoms with E-state index in [1.807, 2.05) is 24.3 Å². The van der Waals surface area contributed by atoms with Crippen molar-refractivity contribution < 1.29 is 8.78 Å². The Morgan fingerprint density at radius 3 is 1.18 bits per heavy atom. The van der Waals surface area contributed by atoms with Crippen LogP contribution in [0.1, 0.15) is 16.7 Å². The summed E-state index contributed by atoms with van der Waals surface area (Å²) in [6.07, 6.45) is 0. The van der Waals surface area contributed by atoms with Gasteiger partial charge in [0.05, 0.1) is 0 Å². The van der Waals surface area contributed by atoms with Crippen LogP contribution in [0.2, 0.25) is 0 Å². The molecule has 0 saturated carbocycles. The van der Waals surface area contributed by atoms with Gasteiger partial charge < -0.3 is 9.80 Å². The van der Waals surface area contributed by atoms with Crippen molar-refractivity contribution >= 4 is 86.0 Å². The normalized spacial score (nSPS) is 14.4. The minimum Gasteiger partial charge on any atom is -0.311 e. The predicted molar refractivity (Wildman–Crippen MR) is 212 cm³/mol. The van der Waals surface area contributed by atoms with Crippen molar-refractivity contribution in [3.05, 3.63) is 174 Å². The van der Waals surface area contributed by atoms with Gasteiger partial charge in [-0.25, -0.2) is 8.78 Å². The van der Waals surface area contributed by atoms with Gasteiger partial charge in [0.15, 0.2) is 8.07 Å². The summed E-state index contributed by atoms with van der Waals surface area (Å²) in [7, 11) is -2.98. The van der Waals surface area contributed by atoms with E-state index in [2.05, 4.69) is 128 Å². The maximum Gasteiger partial charge on any atom is 0.251 e. The van der Waals surface area contributed by atoms with Gasteiger partial charge in [-0.2, -0.15) is 0 Å².